The Morgan fingerprint density at radius 1 is 0.960 bits per heavy atom. The van der Waals surface area contributed by atoms with Crippen molar-refractivity contribution in [3.63, 3.8) is 0 Å². The Morgan fingerprint density at radius 3 is 2.24 bits per heavy atom. The van der Waals surface area contributed by atoms with E-state index in [4.69, 9.17) is 0 Å². The lowest BCUT2D eigenvalue weighted by Crippen LogP contribution is -2.22. The van der Waals surface area contributed by atoms with Crippen LogP contribution < -0.4 is 5.11 Å². The fourth-order valence-electron chi connectivity index (χ4n) is 3.04. The minimum atomic E-state index is -1.02. The van der Waals surface area contributed by atoms with Gasteiger partial charge in [-0.3, -0.25) is 0 Å². The van der Waals surface area contributed by atoms with Crippen LogP contribution in [0.3, 0.4) is 0 Å². The van der Waals surface area contributed by atoms with Gasteiger partial charge in [0, 0.05) is 17.4 Å². The van der Waals surface area contributed by atoms with Crippen molar-refractivity contribution in [1.82, 2.24) is 4.57 Å². The lowest BCUT2D eigenvalue weighted by atomic mass is 10.1. The van der Waals surface area contributed by atoms with Crippen LogP contribution in [0, 0.1) is 6.92 Å². The summed E-state index contributed by atoms with van der Waals surface area (Å²) in [6.45, 7) is 4.20. The summed E-state index contributed by atoms with van der Waals surface area (Å²) in [4.78, 5) is 10.9. The highest BCUT2D eigenvalue weighted by Crippen LogP contribution is 2.28. The van der Waals surface area contributed by atoms with E-state index in [-0.39, 0.29) is 6.42 Å². The molecule has 2 aromatic carbocycles. The van der Waals surface area contributed by atoms with E-state index in [1.165, 1.54) is 11.1 Å². The third kappa shape index (κ3) is 3.82. The molecule has 0 atom stereocenters. The summed E-state index contributed by atoms with van der Waals surface area (Å²) in [6, 6.07) is 20.9. The van der Waals surface area contributed by atoms with Gasteiger partial charge < -0.3 is 14.5 Å². The Bertz CT molecular complexity index is 858. The molecule has 0 saturated heterocycles. The molecule has 0 amide bonds. The van der Waals surface area contributed by atoms with Crippen molar-refractivity contribution >= 4 is 5.97 Å². The van der Waals surface area contributed by atoms with E-state index in [1.54, 1.807) is 0 Å². The summed E-state index contributed by atoms with van der Waals surface area (Å²) in [5.41, 5.74) is 6.70. The summed E-state index contributed by atoms with van der Waals surface area (Å²) >= 11 is 0. The van der Waals surface area contributed by atoms with Crippen LogP contribution in [0.5, 0.6) is 0 Å². The number of hydrogen-bond donors (Lipinski definition) is 0. The second kappa shape index (κ2) is 7.39. The summed E-state index contributed by atoms with van der Waals surface area (Å²) in [5, 5.41) is 10.9. The Balaban J connectivity index is 2.08. The minimum Gasteiger partial charge on any atom is -0.550 e. The van der Waals surface area contributed by atoms with Crippen LogP contribution in [0.25, 0.3) is 16.9 Å². The third-order valence-corrected chi connectivity index (χ3v) is 4.50. The molecular weight excluding hydrogens is 310 g/mol. The summed E-state index contributed by atoms with van der Waals surface area (Å²) in [5.74, 6) is -1.02. The number of benzene rings is 2. The van der Waals surface area contributed by atoms with Gasteiger partial charge in [0.2, 0.25) is 0 Å². The van der Waals surface area contributed by atoms with Gasteiger partial charge in [-0.15, -0.1) is 0 Å². The van der Waals surface area contributed by atoms with Gasteiger partial charge in [0.25, 0.3) is 0 Å². The molecule has 0 saturated carbocycles. The summed E-state index contributed by atoms with van der Waals surface area (Å²) in [6.07, 6.45) is 1.46. The van der Waals surface area contributed by atoms with Crippen molar-refractivity contribution in [3.8, 4) is 16.9 Å². The largest absolute Gasteiger partial charge is 0.550 e. The molecular formula is C22H22NO2-. The van der Waals surface area contributed by atoms with E-state index in [2.05, 4.69) is 73.0 Å². The average molecular weight is 332 g/mol. The third-order valence-electron chi connectivity index (χ3n) is 4.50. The number of aryl methyl sites for hydroxylation is 3. The highest BCUT2D eigenvalue weighted by molar-refractivity contribution is 5.66. The van der Waals surface area contributed by atoms with Crippen LogP contribution in [0.1, 0.15) is 30.2 Å². The lowest BCUT2D eigenvalue weighted by Gasteiger charge is -2.15. The van der Waals surface area contributed by atoms with Gasteiger partial charge in [0.05, 0.1) is 5.69 Å². The molecule has 3 nitrogen and oxygen atoms in total. The normalized spacial score (nSPS) is 10.8. The zero-order valence-corrected chi connectivity index (χ0v) is 14.7. The number of carbonyl (C=O) groups excluding carboxylic acids is 1. The number of nitrogens with zero attached hydrogens (tertiary/aromatic N) is 1. The molecule has 0 unspecified atom stereocenters. The van der Waals surface area contributed by atoms with Crippen LogP contribution in [0.2, 0.25) is 0 Å². The smallest absolute Gasteiger partial charge is 0.0531 e. The van der Waals surface area contributed by atoms with Crippen molar-refractivity contribution < 1.29 is 9.90 Å². The van der Waals surface area contributed by atoms with Crippen molar-refractivity contribution in [3.05, 3.63) is 77.5 Å². The molecule has 25 heavy (non-hydrogen) atoms. The SMILES string of the molecule is CCc1ccc(-n2c(CCC(=O)[O-])ccc2-c2ccc(C)cc2)cc1. The first-order valence-electron chi connectivity index (χ1n) is 8.65. The highest BCUT2D eigenvalue weighted by Gasteiger charge is 2.12. The Hall–Kier alpha value is -2.81. The molecule has 3 aromatic rings. The van der Waals surface area contributed by atoms with Gasteiger partial charge in [-0.25, -0.2) is 0 Å². The summed E-state index contributed by atoms with van der Waals surface area (Å²) < 4.78 is 2.15. The van der Waals surface area contributed by atoms with Crippen molar-refractivity contribution in [1.29, 1.82) is 0 Å². The highest BCUT2D eigenvalue weighted by atomic mass is 16.4. The molecule has 3 rings (SSSR count). The van der Waals surface area contributed by atoms with E-state index in [0.717, 1.165) is 29.1 Å². The molecule has 1 aromatic heterocycles. The van der Waals surface area contributed by atoms with E-state index < -0.39 is 5.97 Å². The van der Waals surface area contributed by atoms with Crippen LogP contribution in [-0.4, -0.2) is 10.5 Å². The Morgan fingerprint density at radius 2 is 1.64 bits per heavy atom. The molecule has 0 bridgehead atoms. The second-order valence-corrected chi connectivity index (χ2v) is 6.30. The summed E-state index contributed by atoms with van der Waals surface area (Å²) in [7, 11) is 0. The number of carboxylic acids is 1. The Kier molecular flexibility index (Phi) is 5.03. The van der Waals surface area contributed by atoms with Crippen LogP contribution in [0.15, 0.2) is 60.7 Å². The quantitative estimate of drug-likeness (QED) is 0.691. The maximum Gasteiger partial charge on any atom is 0.0531 e. The zero-order valence-electron chi connectivity index (χ0n) is 14.7. The maximum absolute atomic E-state index is 10.9. The molecule has 0 aliphatic heterocycles. The van der Waals surface area contributed by atoms with Crippen LogP contribution in [0.4, 0.5) is 0 Å². The van der Waals surface area contributed by atoms with Gasteiger partial charge in [0.1, 0.15) is 0 Å². The first-order chi connectivity index (χ1) is 12.1. The van der Waals surface area contributed by atoms with E-state index >= 15 is 0 Å². The molecule has 128 valence electrons. The average Bonchev–Trinajstić information content (AvgIpc) is 3.04. The minimum absolute atomic E-state index is 0.0182. The second-order valence-electron chi connectivity index (χ2n) is 6.30. The predicted octanol–water partition coefficient (Wildman–Crippen LogP) is 3.70. The van der Waals surface area contributed by atoms with Gasteiger partial charge in [-0.05, 0) is 61.6 Å². The first-order valence-corrected chi connectivity index (χ1v) is 8.65. The van der Waals surface area contributed by atoms with Crippen molar-refractivity contribution in [2.75, 3.05) is 0 Å². The lowest BCUT2D eigenvalue weighted by molar-refractivity contribution is -0.305. The van der Waals surface area contributed by atoms with Gasteiger partial charge in [-0.2, -0.15) is 0 Å². The molecule has 0 spiro atoms. The van der Waals surface area contributed by atoms with E-state index in [1.807, 2.05) is 6.07 Å². The number of aliphatic carboxylic acids is 1. The monoisotopic (exact) mass is 332 g/mol. The number of rotatable bonds is 6. The number of carbonyl (C=O) groups is 1. The van der Waals surface area contributed by atoms with Gasteiger partial charge in [-0.1, -0.05) is 48.9 Å². The fourth-order valence-corrected chi connectivity index (χ4v) is 3.04. The number of hydrogen-bond acceptors (Lipinski definition) is 2. The Labute approximate surface area is 148 Å². The van der Waals surface area contributed by atoms with E-state index in [0.29, 0.717) is 6.42 Å². The molecule has 0 N–H and O–H groups in total. The number of aromatic nitrogens is 1. The predicted molar refractivity (Wildman–Crippen MR) is 98.6 cm³/mol. The standard InChI is InChI=1S/C22H23NO2/c1-3-17-6-10-19(11-7-17)23-20(13-15-22(24)25)12-14-21(23)18-8-4-16(2)5-9-18/h4-12,14H,3,13,15H2,1-2H3,(H,24,25)/p-1. The first kappa shape index (κ1) is 17.0. The van der Waals surface area contributed by atoms with Crippen molar-refractivity contribution in [2.24, 2.45) is 0 Å². The van der Waals surface area contributed by atoms with Crippen molar-refractivity contribution in [2.45, 2.75) is 33.1 Å². The molecule has 0 fully saturated rings. The molecule has 0 radical (unpaired) electrons. The number of carboxylic acid groups (broad SMARTS) is 1. The zero-order chi connectivity index (χ0) is 17.8. The topological polar surface area (TPSA) is 45.1 Å². The van der Waals surface area contributed by atoms with Crippen LogP contribution >= 0.6 is 0 Å². The molecule has 0 aliphatic carbocycles. The fraction of sp³-hybridized carbons (Fsp3) is 0.227. The van der Waals surface area contributed by atoms with Crippen LogP contribution in [-0.2, 0) is 17.6 Å². The molecule has 0 aliphatic rings. The van der Waals surface area contributed by atoms with E-state index in [9.17, 15) is 9.90 Å². The van der Waals surface area contributed by atoms with Gasteiger partial charge >= 0.3 is 0 Å². The molecule has 3 heteroatoms. The van der Waals surface area contributed by atoms with Gasteiger partial charge in [0.15, 0.2) is 0 Å². The molecule has 1 heterocycles. The maximum atomic E-state index is 10.9.